The van der Waals surface area contributed by atoms with E-state index < -0.39 is 4.92 Å². The molecule has 1 aromatic rings. The Balaban J connectivity index is 2.89. The monoisotopic (exact) mass is 357 g/mol. The van der Waals surface area contributed by atoms with E-state index in [0.29, 0.717) is 23.1 Å². The summed E-state index contributed by atoms with van der Waals surface area (Å²) in [4.78, 5) is 26.6. The smallest absolute Gasteiger partial charge is 0.270 e. The summed E-state index contributed by atoms with van der Waals surface area (Å²) < 4.78 is 0.573. The molecule has 0 aliphatic carbocycles. The first-order chi connectivity index (χ1) is 9.86. The molecule has 1 aromatic carbocycles. The van der Waals surface area contributed by atoms with Crippen molar-refractivity contribution in [3.8, 4) is 0 Å². The lowest BCUT2D eigenvalue weighted by Gasteiger charge is -2.22. The fourth-order valence-corrected chi connectivity index (χ4v) is 2.36. The second-order valence-electron chi connectivity index (χ2n) is 4.96. The Kier molecular flexibility index (Phi) is 6.77. The summed E-state index contributed by atoms with van der Waals surface area (Å²) >= 11 is 3.29. The number of rotatable bonds is 7. The molecule has 116 valence electrons. The van der Waals surface area contributed by atoms with Gasteiger partial charge in [0.1, 0.15) is 0 Å². The average Bonchev–Trinajstić information content (AvgIpc) is 2.43. The number of nitro groups is 1. The van der Waals surface area contributed by atoms with Crippen LogP contribution >= 0.6 is 15.9 Å². The fraction of sp³-hybridized carbons (Fsp3) is 0.500. The summed E-state index contributed by atoms with van der Waals surface area (Å²) in [7, 11) is 3.96. The number of non-ortho nitro benzene ring substituents is 1. The highest BCUT2D eigenvalue weighted by Crippen LogP contribution is 2.24. The van der Waals surface area contributed by atoms with Gasteiger partial charge in [-0.2, -0.15) is 0 Å². The van der Waals surface area contributed by atoms with Gasteiger partial charge >= 0.3 is 0 Å². The van der Waals surface area contributed by atoms with Crippen molar-refractivity contribution in [1.29, 1.82) is 0 Å². The molecule has 0 saturated carbocycles. The van der Waals surface area contributed by atoms with Gasteiger partial charge in [-0.25, -0.2) is 0 Å². The number of nitrogens with zero attached hydrogens (tertiary/aromatic N) is 3. The zero-order valence-corrected chi connectivity index (χ0v) is 14.1. The van der Waals surface area contributed by atoms with Gasteiger partial charge < -0.3 is 9.80 Å². The van der Waals surface area contributed by atoms with E-state index in [9.17, 15) is 14.9 Å². The number of hydrogen-bond acceptors (Lipinski definition) is 4. The van der Waals surface area contributed by atoms with Crippen LogP contribution in [-0.2, 0) is 0 Å². The summed E-state index contributed by atoms with van der Waals surface area (Å²) in [6.45, 7) is 3.99. The molecule has 0 heterocycles. The van der Waals surface area contributed by atoms with Crippen molar-refractivity contribution in [2.45, 2.75) is 13.3 Å². The molecule has 1 rings (SSSR count). The van der Waals surface area contributed by atoms with Crippen LogP contribution < -0.4 is 0 Å². The largest absolute Gasteiger partial charge is 0.339 e. The Labute approximate surface area is 133 Å². The number of halogens is 1. The Morgan fingerprint density at radius 2 is 2.00 bits per heavy atom. The predicted molar refractivity (Wildman–Crippen MR) is 85.5 cm³/mol. The van der Waals surface area contributed by atoms with Crippen molar-refractivity contribution in [3.05, 3.63) is 38.3 Å². The van der Waals surface area contributed by atoms with Crippen molar-refractivity contribution >= 4 is 27.5 Å². The Hall–Kier alpha value is -1.47. The van der Waals surface area contributed by atoms with E-state index in [1.807, 2.05) is 21.0 Å². The Bertz CT molecular complexity index is 520. The molecule has 0 aliphatic heterocycles. The van der Waals surface area contributed by atoms with Gasteiger partial charge in [0, 0.05) is 29.7 Å². The maximum absolute atomic E-state index is 12.5. The van der Waals surface area contributed by atoms with Crippen molar-refractivity contribution < 1.29 is 9.72 Å². The highest BCUT2D eigenvalue weighted by Gasteiger charge is 2.20. The molecule has 0 radical (unpaired) electrons. The number of nitro benzene ring substituents is 1. The minimum absolute atomic E-state index is 0.0779. The lowest BCUT2D eigenvalue weighted by atomic mass is 10.1. The van der Waals surface area contributed by atoms with E-state index in [4.69, 9.17) is 0 Å². The van der Waals surface area contributed by atoms with Crippen LogP contribution in [0.5, 0.6) is 0 Å². The van der Waals surface area contributed by atoms with Gasteiger partial charge in [0.05, 0.1) is 10.5 Å². The molecule has 6 nitrogen and oxygen atoms in total. The lowest BCUT2D eigenvalue weighted by molar-refractivity contribution is -0.384. The number of hydrogen-bond donors (Lipinski definition) is 0. The number of carbonyl (C=O) groups is 1. The van der Waals surface area contributed by atoms with E-state index in [-0.39, 0.29) is 11.6 Å². The molecule has 0 bridgehead atoms. The van der Waals surface area contributed by atoms with Crippen molar-refractivity contribution in [2.24, 2.45) is 0 Å². The van der Waals surface area contributed by atoms with E-state index in [1.54, 1.807) is 11.0 Å². The SMILES string of the molecule is CCN(CCCN(C)C)C(=O)c1cc([N+](=O)[O-])ccc1Br. The van der Waals surface area contributed by atoms with Crippen LogP contribution in [0.4, 0.5) is 5.69 Å². The van der Waals surface area contributed by atoms with E-state index >= 15 is 0 Å². The van der Waals surface area contributed by atoms with Gasteiger partial charge in [-0.3, -0.25) is 14.9 Å². The minimum atomic E-state index is -0.494. The molecular weight excluding hydrogens is 338 g/mol. The normalized spacial score (nSPS) is 10.7. The summed E-state index contributed by atoms with van der Waals surface area (Å²) in [5.41, 5.74) is 0.252. The summed E-state index contributed by atoms with van der Waals surface area (Å²) in [5, 5.41) is 10.8. The van der Waals surface area contributed by atoms with E-state index in [0.717, 1.165) is 13.0 Å². The van der Waals surface area contributed by atoms with Crippen molar-refractivity contribution in [1.82, 2.24) is 9.80 Å². The summed E-state index contributed by atoms with van der Waals surface area (Å²) in [6.07, 6.45) is 0.860. The first-order valence-corrected chi connectivity index (χ1v) is 7.54. The van der Waals surface area contributed by atoms with E-state index in [1.165, 1.54) is 12.1 Å². The molecule has 0 aromatic heterocycles. The number of benzene rings is 1. The quantitative estimate of drug-likeness (QED) is 0.555. The molecule has 0 spiro atoms. The van der Waals surface area contributed by atoms with Gasteiger partial charge in [0.15, 0.2) is 0 Å². The van der Waals surface area contributed by atoms with Crippen molar-refractivity contribution in [3.63, 3.8) is 0 Å². The molecule has 0 N–H and O–H groups in total. The highest BCUT2D eigenvalue weighted by atomic mass is 79.9. The Morgan fingerprint density at radius 3 is 2.52 bits per heavy atom. The first kappa shape index (κ1) is 17.6. The molecule has 0 atom stereocenters. The van der Waals surface area contributed by atoms with Gasteiger partial charge in [0.25, 0.3) is 11.6 Å². The van der Waals surface area contributed by atoms with Crippen LogP contribution in [0, 0.1) is 10.1 Å². The van der Waals surface area contributed by atoms with Crippen LogP contribution in [0.15, 0.2) is 22.7 Å². The van der Waals surface area contributed by atoms with Crippen LogP contribution in [0.1, 0.15) is 23.7 Å². The summed E-state index contributed by atoms with van der Waals surface area (Å²) in [6, 6.07) is 4.24. The third-order valence-electron chi connectivity index (χ3n) is 3.09. The molecule has 0 saturated heterocycles. The molecule has 0 fully saturated rings. The van der Waals surface area contributed by atoms with Crippen LogP contribution in [0.3, 0.4) is 0 Å². The third-order valence-corrected chi connectivity index (χ3v) is 3.78. The third kappa shape index (κ3) is 5.09. The second kappa shape index (κ2) is 8.09. The zero-order valence-electron chi connectivity index (χ0n) is 12.5. The fourth-order valence-electron chi connectivity index (χ4n) is 1.94. The van der Waals surface area contributed by atoms with Crippen molar-refractivity contribution in [2.75, 3.05) is 33.7 Å². The van der Waals surface area contributed by atoms with Gasteiger partial charge in [0.2, 0.25) is 0 Å². The highest BCUT2D eigenvalue weighted by molar-refractivity contribution is 9.10. The van der Waals surface area contributed by atoms with Gasteiger partial charge in [-0.05, 0) is 56.0 Å². The molecule has 1 amide bonds. The predicted octanol–water partition coefficient (Wildman–Crippen LogP) is 2.77. The summed E-state index contributed by atoms with van der Waals surface area (Å²) in [5.74, 6) is -0.188. The number of amides is 1. The van der Waals surface area contributed by atoms with E-state index in [2.05, 4.69) is 20.8 Å². The zero-order chi connectivity index (χ0) is 16.0. The van der Waals surface area contributed by atoms with Crippen LogP contribution in [0.25, 0.3) is 0 Å². The topological polar surface area (TPSA) is 66.7 Å². The van der Waals surface area contributed by atoms with Crippen LogP contribution in [-0.4, -0.2) is 54.4 Å². The Morgan fingerprint density at radius 1 is 1.33 bits per heavy atom. The minimum Gasteiger partial charge on any atom is -0.339 e. The standard InChI is InChI=1S/C14H20BrN3O3/c1-4-17(9-5-8-16(2)3)14(19)12-10-11(18(20)21)6-7-13(12)15/h6-7,10H,4-5,8-9H2,1-3H3. The molecule has 0 unspecified atom stereocenters. The molecular formula is C14H20BrN3O3. The molecule has 7 heteroatoms. The molecule has 21 heavy (non-hydrogen) atoms. The lowest BCUT2D eigenvalue weighted by Crippen LogP contribution is -2.33. The maximum Gasteiger partial charge on any atom is 0.270 e. The average molecular weight is 358 g/mol. The van der Waals surface area contributed by atoms with Crippen LogP contribution in [0.2, 0.25) is 0 Å². The maximum atomic E-state index is 12.5. The molecule has 0 aliphatic rings. The van der Waals surface area contributed by atoms with Gasteiger partial charge in [-0.1, -0.05) is 0 Å². The number of carbonyl (C=O) groups excluding carboxylic acids is 1. The van der Waals surface area contributed by atoms with Gasteiger partial charge in [-0.15, -0.1) is 0 Å². The first-order valence-electron chi connectivity index (χ1n) is 6.74. The second-order valence-corrected chi connectivity index (χ2v) is 5.82.